The molecule has 3 rings (SSSR count). The van der Waals surface area contributed by atoms with E-state index < -0.39 is 0 Å². The average Bonchev–Trinajstić information content (AvgIpc) is 3.23. The molecule has 6 heteroatoms. The lowest BCUT2D eigenvalue weighted by Gasteiger charge is -2.21. The molecule has 2 heterocycles. The van der Waals surface area contributed by atoms with Gasteiger partial charge in [-0.05, 0) is 49.1 Å². The predicted octanol–water partition coefficient (Wildman–Crippen LogP) is 2.48. The van der Waals surface area contributed by atoms with Gasteiger partial charge < -0.3 is 15.0 Å². The third-order valence-electron chi connectivity index (χ3n) is 4.74. The molecule has 1 atom stereocenters. The largest absolute Gasteiger partial charge is 0.492 e. The van der Waals surface area contributed by atoms with Gasteiger partial charge in [-0.2, -0.15) is 5.10 Å². The van der Waals surface area contributed by atoms with Crippen molar-refractivity contribution in [3.05, 3.63) is 47.3 Å². The molecule has 6 nitrogen and oxygen atoms in total. The average molecular weight is 355 g/mol. The molecule has 0 aliphatic carbocycles. The van der Waals surface area contributed by atoms with Gasteiger partial charge in [0.25, 0.3) is 0 Å². The normalized spacial score (nSPS) is 17.6. The standard InChI is InChI=1S/C20H29N5O/c1-15-9-16(2)11-19(10-15)26-8-6-22-20(21-3)25-7-5-17(14-25)18-12-23-24(4)13-18/h9-13,17H,5-8,14H2,1-4H3,(H,21,22). The molecule has 2 aromatic rings. The third-order valence-corrected chi connectivity index (χ3v) is 4.74. The monoisotopic (exact) mass is 355 g/mol. The molecule has 140 valence electrons. The molecule has 0 saturated carbocycles. The molecule has 0 spiro atoms. The zero-order valence-corrected chi connectivity index (χ0v) is 16.2. The molecule has 0 radical (unpaired) electrons. The fourth-order valence-corrected chi connectivity index (χ4v) is 3.56. The van der Waals surface area contributed by atoms with E-state index in [1.165, 1.54) is 16.7 Å². The molecule has 1 saturated heterocycles. The third kappa shape index (κ3) is 4.56. The second-order valence-electron chi connectivity index (χ2n) is 7.02. The summed E-state index contributed by atoms with van der Waals surface area (Å²) in [6.45, 7) is 7.51. The molecule has 0 amide bonds. The van der Waals surface area contributed by atoms with Gasteiger partial charge in [0.2, 0.25) is 0 Å². The number of aryl methyl sites for hydroxylation is 3. The van der Waals surface area contributed by atoms with Gasteiger partial charge in [0.15, 0.2) is 5.96 Å². The summed E-state index contributed by atoms with van der Waals surface area (Å²) < 4.78 is 7.74. The van der Waals surface area contributed by atoms with Crippen LogP contribution >= 0.6 is 0 Å². The van der Waals surface area contributed by atoms with Crippen molar-refractivity contribution in [2.75, 3.05) is 33.3 Å². The number of hydrogen-bond acceptors (Lipinski definition) is 3. The highest BCUT2D eigenvalue weighted by molar-refractivity contribution is 5.80. The van der Waals surface area contributed by atoms with Crippen LogP contribution < -0.4 is 10.1 Å². The van der Waals surface area contributed by atoms with E-state index in [0.717, 1.165) is 37.8 Å². The van der Waals surface area contributed by atoms with E-state index in [9.17, 15) is 0 Å². The van der Waals surface area contributed by atoms with Gasteiger partial charge in [0.1, 0.15) is 12.4 Å². The Balaban J connectivity index is 1.46. The number of nitrogens with zero attached hydrogens (tertiary/aromatic N) is 4. The minimum absolute atomic E-state index is 0.522. The number of benzene rings is 1. The Hall–Kier alpha value is -2.50. The van der Waals surface area contributed by atoms with Gasteiger partial charge >= 0.3 is 0 Å². The van der Waals surface area contributed by atoms with Crippen LogP contribution in [0.3, 0.4) is 0 Å². The zero-order valence-electron chi connectivity index (χ0n) is 16.2. The SMILES string of the molecule is CN=C(NCCOc1cc(C)cc(C)c1)N1CCC(c2cnn(C)c2)C1. The zero-order chi connectivity index (χ0) is 18.5. The van der Waals surface area contributed by atoms with E-state index in [-0.39, 0.29) is 0 Å². The van der Waals surface area contributed by atoms with E-state index in [1.807, 2.05) is 25.0 Å². The number of rotatable bonds is 5. The number of nitrogens with one attached hydrogen (secondary N) is 1. The summed E-state index contributed by atoms with van der Waals surface area (Å²) in [7, 11) is 3.80. The fourth-order valence-electron chi connectivity index (χ4n) is 3.56. The van der Waals surface area contributed by atoms with Gasteiger partial charge in [-0.3, -0.25) is 9.67 Å². The van der Waals surface area contributed by atoms with Crippen molar-refractivity contribution in [1.29, 1.82) is 0 Å². The number of guanidine groups is 1. The molecule has 1 aliphatic heterocycles. The van der Waals surface area contributed by atoms with Crippen molar-refractivity contribution in [1.82, 2.24) is 20.0 Å². The van der Waals surface area contributed by atoms with Crippen LogP contribution in [0.25, 0.3) is 0 Å². The number of hydrogen-bond donors (Lipinski definition) is 1. The topological polar surface area (TPSA) is 54.7 Å². The first kappa shape index (κ1) is 18.3. The van der Waals surface area contributed by atoms with Gasteiger partial charge in [-0.25, -0.2) is 0 Å². The second-order valence-corrected chi connectivity index (χ2v) is 7.02. The van der Waals surface area contributed by atoms with Gasteiger partial charge in [0, 0.05) is 39.3 Å². The molecule has 26 heavy (non-hydrogen) atoms. The summed E-state index contributed by atoms with van der Waals surface area (Å²) in [5.74, 6) is 2.39. The molecule has 0 bridgehead atoms. The van der Waals surface area contributed by atoms with Crippen LogP contribution in [-0.4, -0.2) is 53.9 Å². The van der Waals surface area contributed by atoms with E-state index in [4.69, 9.17) is 4.74 Å². The number of likely N-dealkylation sites (tertiary alicyclic amines) is 1. The van der Waals surface area contributed by atoms with Crippen molar-refractivity contribution in [2.24, 2.45) is 12.0 Å². The second kappa shape index (κ2) is 8.25. The van der Waals surface area contributed by atoms with Gasteiger partial charge in [0.05, 0.1) is 12.7 Å². The van der Waals surface area contributed by atoms with Crippen molar-refractivity contribution >= 4 is 5.96 Å². The molecule has 1 unspecified atom stereocenters. The first-order chi connectivity index (χ1) is 12.5. The number of aromatic nitrogens is 2. The molecular formula is C20H29N5O. The van der Waals surface area contributed by atoms with Crippen LogP contribution in [0.4, 0.5) is 0 Å². The predicted molar refractivity (Wildman–Crippen MR) is 105 cm³/mol. The number of aliphatic imine (C=N–C) groups is 1. The molecule has 1 aromatic carbocycles. The van der Waals surface area contributed by atoms with Crippen molar-refractivity contribution in [3.63, 3.8) is 0 Å². The highest BCUT2D eigenvalue weighted by Crippen LogP contribution is 2.26. The summed E-state index contributed by atoms with van der Waals surface area (Å²) in [4.78, 5) is 6.75. The minimum Gasteiger partial charge on any atom is -0.492 e. The lowest BCUT2D eigenvalue weighted by molar-refractivity contribution is 0.319. The Kier molecular flexibility index (Phi) is 5.81. The molecule has 1 N–H and O–H groups in total. The van der Waals surface area contributed by atoms with Gasteiger partial charge in [-0.1, -0.05) is 6.07 Å². The Morgan fingerprint density at radius 1 is 1.31 bits per heavy atom. The van der Waals surface area contributed by atoms with Crippen LogP contribution in [0.1, 0.15) is 29.0 Å². The quantitative estimate of drug-likeness (QED) is 0.509. The van der Waals surface area contributed by atoms with Crippen molar-refractivity contribution in [2.45, 2.75) is 26.2 Å². The van der Waals surface area contributed by atoms with Crippen molar-refractivity contribution in [3.8, 4) is 5.75 Å². The Bertz CT molecular complexity index is 747. The van der Waals surface area contributed by atoms with Crippen molar-refractivity contribution < 1.29 is 4.74 Å². The minimum atomic E-state index is 0.522. The summed E-state index contributed by atoms with van der Waals surface area (Å²) >= 11 is 0. The first-order valence-corrected chi connectivity index (χ1v) is 9.20. The van der Waals surface area contributed by atoms with Crippen LogP contribution in [0, 0.1) is 13.8 Å². The first-order valence-electron chi connectivity index (χ1n) is 9.20. The lowest BCUT2D eigenvalue weighted by atomic mass is 10.0. The van der Waals surface area contributed by atoms with Crippen LogP contribution in [-0.2, 0) is 7.05 Å². The summed E-state index contributed by atoms with van der Waals surface area (Å²) in [5, 5.41) is 7.71. The maximum atomic E-state index is 5.87. The molecule has 1 aliphatic rings. The lowest BCUT2D eigenvalue weighted by Crippen LogP contribution is -2.41. The molecule has 1 aromatic heterocycles. The van der Waals surface area contributed by atoms with E-state index in [2.05, 4.69) is 58.6 Å². The maximum absolute atomic E-state index is 5.87. The summed E-state index contributed by atoms with van der Waals surface area (Å²) in [6, 6.07) is 6.29. The Labute approximate surface area is 155 Å². The summed E-state index contributed by atoms with van der Waals surface area (Å²) in [5.41, 5.74) is 3.76. The van der Waals surface area contributed by atoms with E-state index in [1.54, 1.807) is 0 Å². The Morgan fingerprint density at radius 2 is 2.08 bits per heavy atom. The fraction of sp³-hybridized carbons (Fsp3) is 0.500. The van der Waals surface area contributed by atoms with E-state index >= 15 is 0 Å². The molecular weight excluding hydrogens is 326 g/mol. The smallest absolute Gasteiger partial charge is 0.193 e. The maximum Gasteiger partial charge on any atom is 0.193 e. The highest BCUT2D eigenvalue weighted by Gasteiger charge is 2.26. The summed E-state index contributed by atoms with van der Waals surface area (Å²) in [6.07, 6.45) is 5.22. The van der Waals surface area contributed by atoms with Crippen LogP contribution in [0.15, 0.2) is 35.6 Å². The van der Waals surface area contributed by atoms with Crippen LogP contribution in [0.2, 0.25) is 0 Å². The van der Waals surface area contributed by atoms with Gasteiger partial charge in [-0.15, -0.1) is 0 Å². The van der Waals surface area contributed by atoms with Crippen LogP contribution in [0.5, 0.6) is 5.75 Å². The Morgan fingerprint density at radius 3 is 2.73 bits per heavy atom. The number of ether oxygens (including phenoxy) is 1. The van der Waals surface area contributed by atoms with E-state index in [0.29, 0.717) is 12.5 Å². The highest BCUT2D eigenvalue weighted by atomic mass is 16.5. The molecule has 1 fully saturated rings.